The van der Waals surface area contributed by atoms with E-state index in [-0.39, 0.29) is 37.6 Å². The van der Waals surface area contributed by atoms with E-state index < -0.39 is 24.1 Å². The van der Waals surface area contributed by atoms with Gasteiger partial charge in [0.1, 0.15) is 6.10 Å². The number of carbonyl (C=O) groups excluding carboxylic acids is 2. The number of aliphatic hydroxyl groups excluding tert-OH is 2. The Hall–Kier alpha value is -1.86. The molecule has 7 heteroatoms. The van der Waals surface area contributed by atoms with Crippen molar-refractivity contribution in [2.24, 2.45) is 11.8 Å². The lowest BCUT2D eigenvalue weighted by Gasteiger charge is -2.16. The monoisotopic (exact) mass is 438 g/mol. The second-order valence-corrected chi connectivity index (χ2v) is 8.38. The van der Waals surface area contributed by atoms with Crippen LogP contribution >= 0.6 is 0 Å². The van der Waals surface area contributed by atoms with E-state index in [4.69, 9.17) is 14.2 Å². The van der Waals surface area contributed by atoms with Gasteiger partial charge < -0.3 is 24.4 Å². The smallest absolute Gasteiger partial charge is 0.344 e. The number of rotatable bonds is 13. The lowest BCUT2D eigenvalue weighted by Crippen LogP contribution is -2.18. The molecule has 0 amide bonds. The number of esters is 2. The number of allylic oxidation sites excluding steroid dienone is 2. The van der Waals surface area contributed by atoms with Crippen LogP contribution in [0, 0.1) is 11.8 Å². The third-order valence-electron chi connectivity index (χ3n) is 5.90. The molecule has 0 unspecified atom stereocenters. The van der Waals surface area contributed by atoms with E-state index in [9.17, 15) is 19.8 Å². The van der Waals surface area contributed by atoms with Crippen molar-refractivity contribution in [3.8, 4) is 0 Å². The van der Waals surface area contributed by atoms with Crippen molar-refractivity contribution in [3.63, 3.8) is 0 Å². The van der Waals surface area contributed by atoms with E-state index in [1.54, 1.807) is 6.92 Å². The first-order valence-corrected chi connectivity index (χ1v) is 11.7. The van der Waals surface area contributed by atoms with Gasteiger partial charge >= 0.3 is 11.9 Å². The average Bonchev–Trinajstić information content (AvgIpc) is 3.25. The van der Waals surface area contributed by atoms with Crippen molar-refractivity contribution >= 4 is 11.9 Å². The summed E-state index contributed by atoms with van der Waals surface area (Å²) in [5, 5.41) is 20.5. The second-order valence-electron chi connectivity index (χ2n) is 8.38. The molecule has 0 aromatic heterocycles. The Kier molecular flexibility index (Phi) is 11.1. The Morgan fingerprint density at radius 3 is 2.74 bits per heavy atom. The van der Waals surface area contributed by atoms with Gasteiger partial charge in [-0.3, -0.25) is 4.79 Å². The molecule has 1 aliphatic carbocycles. The normalized spacial score (nSPS) is 27.3. The molecule has 2 rings (SSSR count). The Morgan fingerprint density at radius 2 is 2.00 bits per heavy atom. The van der Waals surface area contributed by atoms with Crippen molar-refractivity contribution in [3.05, 3.63) is 24.0 Å². The lowest BCUT2D eigenvalue weighted by atomic mass is 9.90. The van der Waals surface area contributed by atoms with Crippen LogP contribution in [0.5, 0.6) is 0 Å². The Bertz CT molecular complexity index is 627. The highest BCUT2D eigenvalue weighted by Crippen LogP contribution is 2.45. The van der Waals surface area contributed by atoms with Crippen molar-refractivity contribution in [1.29, 1.82) is 0 Å². The molecule has 1 saturated carbocycles. The van der Waals surface area contributed by atoms with Crippen LogP contribution in [0.15, 0.2) is 24.0 Å². The van der Waals surface area contributed by atoms with Crippen LogP contribution in [-0.4, -0.2) is 53.7 Å². The highest BCUT2D eigenvalue weighted by atomic mass is 16.6. The minimum absolute atomic E-state index is 0.00248. The summed E-state index contributed by atoms with van der Waals surface area (Å²) in [6.45, 7) is 3.76. The van der Waals surface area contributed by atoms with Gasteiger partial charge in [0.25, 0.3) is 0 Å². The minimum atomic E-state index is -0.539. The topological polar surface area (TPSA) is 102 Å². The van der Waals surface area contributed by atoms with Crippen LogP contribution in [0.3, 0.4) is 0 Å². The summed E-state index contributed by atoms with van der Waals surface area (Å²) in [6, 6.07) is 0. The van der Waals surface area contributed by atoms with Crippen molar-refractivity contribution in [2.45, 2.75) is 89.9 Å². The van der Waals surface area contributed by atoms with Gasteiger partial charge in [-0.1, -0.05) is 38.3 Å². The van der Waals surface area contributed by atoms with E-state index in [2.05, 4.69) is 6.92 Å². The summed E-state index contributed by atoms with van der Waals surface area (Å²) < 4.78 is 15.6. The molecule has 1 saturated heterocycles. The summed E-state index contributed by atoms with van der Waals surface area (Å²) in [7, 11) is 0. The first-order chi connectivity index (χ1) is 14.9. The number of carbonyl (C=O) groups is 2. The van der Waals surface area contributed by atoms with Crippen molar-refractivity contribution in [1.82, 2.24) is 0 Å². The zero-order chi connectivity index (χ0) is 22.6. The third-order valence-corrected chi connectivity index (χ3v) is 5.90. The molecular formula is C24H38O7. The van der Waals surface area contributed by atoms with Crippen LogP contribution in [0.1, 0.15) is 71.6 Å². The first kappa shape index (κ1) is 25.4. The highest BCUT2D eigenvalue weighted by molar-refractivity contribution is 5.76. The number of ether oxygens (including phenoxy) is 3. The third kappa shape index (κ3) is 8.65. The summed E-state index contributed by atoms with van der Waals surface area (Å²) in [5.41, 5.74) is 0. The molecule has 31 heavy (non-hydrogen) atoms. The van der Waals surface area contributed by atoms with Gasteiger partial charge in [-0.25, -0.2) is 4.79 Å². The number of hydrogen-bond donors (Lipinski definition) is 2. The predicted molar refractivity (Wildman–Crippen MR) is 116 cm³/mol. The molecule has 1 heterocycles. The van der Waals surface area contributed by atoms with E-state index in [0.29, 0.717) is 19.3 Å². The van der Waals surface area contributed by atoms with Crippen LogP contribution < -0.4 is 0 Å². The molecule has 1 aliphatic heterocycles. The largest absolute Gasteiger partial charge is 0.495 e. The molecule has 2 fully saturated rings. The highest BCUT2D eigenvalue weighted by Gasteiger charge is 2.46. The first-order valence-electron chi connectivity index (χ1n) is 11.7. The maximum Gasteiger partial charge on any atom is 0.344 e. The zero-order valence-electron chi connectivity index (χ0n) is 18.8. The molecule has 0 bridgehead atoms. The van der Waals surface area contributed by atoms with Gasteiger partial charge in [0.05, 0.1) is 24.6 Å². The fourth-order valence-electron chi connectivity index (χ4n) is 4.26. The van der Waals surface area contributed by atoms with Crippen LogP contribution in [0.25, 0.3) is 0 Å². The summed E-state index contributed by atoms with van der Waals surface area (Å²) >= 11 is 0. The van der Waals surface area contributed by atoms with Crippen molar-refractivity contribution in [2.75, 3.05) is 13.2 Å². The standard InChI is InChI=1S/C24H38O7/c1-3-5-6-9-17(25)12-13-19-20-14-18(31-22(20)15-21(19)26)10-7-8-11-23(27)30-16-24(28)29-4-2/h10,12-13,17,19-22,25-26H,3-9,11,14-16H2,1-2H3/t17-,19+,20+,21+,22+/m0/s1. The molecule has 5 atom stereocenters. The van der Waals surface area contributed by atoms with Gasteiger partial charge in [0.15, 0.2) is 6.61 Å². The Balaban J connectivity index is 1.71. The molecule has 0 radical (unpaired) electrons. The fraction of sp³-hybridized carbons (Fsp3) is 0.750. The summed E-state index contributed by atoms with van der Waals surface area (Å²) in [6.07, 6.45) is 11.8. The maximum absolute atomic E-state index is 11.7. The van der Waals surface area contributed by atoms with Gasteiger partial charge in [-0.2, -0.15) is 0 Å². The maximum atomic E-state index is 11.7. The Morgan fingerprint density at radius 1 is 1.19 bits per heavy atom. The number of hydrogen-bond acceptors (Lipinski definition) is 7. The molecule has 0 spiro atoms. The van der Waals surface area contributed by atoms with E-state index in [0.717, 1.165) is 37.9 Å². The molecule has 7 nitrogen and oxygen atoms in total. The SMILES string of the molecule is CCCCC[C@H](O)C=C[C@@H]1[C@H]2CC(=CCCCC(=O)OCC(=O)OCC)O[C@@H]2C[C@H]1O. The predicted octanol–water partition coefficient (Wildman–Crippen LogP) is 3.43. The zero-order valence-corrected chi connectivity index (χ0v) is 18.8. The molecule has 176 valence electrons. The van der Waals surface area contributed by atoms with Gasteiger partial charge in [0, 0.05) is 31.1 Å². The van der Waals surface area contributed by atoms with Gasteiger partial charge in [0.2, 0.25) is 0 Å². The van der Waals surface area contributed by atoms with Crippen LogP contribution in [0.4, 0.5) is 0 Å². The van der Waals surface area contributed by atoms with Crippen LogP contribution in [0.2, 0.25) is 0 Å². The molecule has 2 N–H and O–H groups in total. The Labute approximate surface area is 185 Å². The van der Waals surface area contributed by atoms with Gasteiger partial charge in [-0.15, -0.1) is 0 Å². The minimum Gasteiger partial charge on any atom is -0.495 e. The number of fused-ring (bicyclic) bond motifs is 1. The van der Waals surface area contributed by atoms with Crippen LogP contribution in [-0.2, 0) is 23.8 Å². The molecule has 2 aliphatic rings. The molecule has 0 aromatic rings. The average molecular weight is 439 g/mol. The number of aliphatic hydroxyl groups is 2. The van der Waals surface area contributed by atoms with E-state index in [1.165, 1.54) is 0 Å². The molecule has 0 aromatic carbocycles. The quantitative estimate of drug-likeness (QED) is 0.258. The summed E-state index contributed by atoms with van der Waals surface area (Å²) in [5.74, 6) is 0.165. The lowest BCUT2D eigenvalue weighted by molar-refractivity contribution is -0.158. The van der Waals surface area contributed by atoms with Gasteiger partial charge in [-0.05, 0) is 32.3 Å². The van der Waals surface area contributed by atoms with E-state index in [1.807, 2.05) is 18.2 Å². The molecular weight excluding hydrogens is 400 g/mol. The summed E-state index contributed by atoms with van der Waals surface area (Å²) in [4.78, 5) is 22.8. The number of unbranched alkanes of at least 4 members (excludes halogenated alkanes) is 3. The van der Waals surface area contributed by atoms with Crippen molar-refractivity contribution < 1.29 is 34.0 Å². The van der Waals surface area contributed by atoms with E-state index >= 15 is 0 Å². The fourth-order valence-corrected chi connectivity index (χ4v) is 4.26. The second kappa shape index (κ2) is 13.5.